The van der Waals surface area contributed by atoms with Crippen molar-refractivity contribution < 1.29 is 4.74 Å². The molecule has 0 saturated heterocycles. The molecule has 0 spiro atoms. The summed E-state index contributed by atoms with van der Waals surface area (Å²) in [6.07, 6.45) is 1.53. The van der Waals surface area contributed by atoms with E-state index in [2.05, 4.69) is 26.1 Å². The van der Waals surface area contributed by atoms with E-state index >= 15 is 0 Å². The van der Waals surface area contributed by atoms with Crippen LogP contribution in [0, 0.1) is 0 Å². The minimum Gasteiger partial charge on any atom is -0.497 e. The maximum Gasteiger partial charge on any atom is 0.211 e. The first-order valence-electron chi connectivity index (χ1n) is 4.09. The molecule has 0 atom stereocenters. The Bertz CT molecular complexity index is 399. The maximum absolute atomic E-state index is 5.13. The molecule has 0 aromatic heterocycles. The van der Waals surface area contributed by atoms with Crippen molar-refractivity contribution in [2.45, 2.75) is 0 Å². The average Bonchev–Trinajstić information content (AvgIpc) is 2.20. The SMILES string of the molecule is COc1ccc(Br)c(/C=N\N=C(N)N)c1. The number of rotatable bonds is 3. The molecule has 0 aliphatic carbocycles. The summed E-state index contributed by atoms with van der Waals surface area (Å²) >= 11 is 3.37. The molecule has 0 radical (unpaired) electrons. The van der Waals surface area contributed by atoms with Crippen molar-refractivity contribution in [1.29, 1.82) is 0 Å². The second-order valence-electron chi connectivity index (χ2n) is 2.66. The standard InChI is InChI=1S/C9H11BrN4O/c1-15-7-2-3-8(10)6(4-7)5-13-14-9(11)12/h2-5H,1H3,(H4,11,12,14)/b13-5-. The number of hydrogen-bond acceptors (Lipinski definition) is 3. The smallest absolute Gasteiger partial charge is 0.211 e. The van der Waals surface area contributed by atoms with Gasteiger partial charge in [-0.05, 0) is 18.2 Å². The monoisotopic (exact) mass is 270 g/mol. The Morgan fingerprint density at radius 2 is 2.20 bits per heavy atom. The van der Waals surface area contributed by atoms with Crippen LogP contribution in [0.1, 0.15) is 5.56 Å². The summed E-state index contributed by atoms with van der Waals surface area (Å²) in [5.74, 6) is 0.662. The number of halogens is 1. The molecule has 4 N–H and O–H groups in total. The van der Waals surface area contributed by atoms with Gasteiger partial charge < -0.3 is 16.2 Å². The third-order valence-corrected chi connectivity index (χ3v) is 2.30. The van der Waals surface area contributed by atoms with Gasteiger partial charge in [0.05, 0.1) is 13.3 Å². The first-order chi connectivity index (χ1) is 7.13. The van der Waals surface area contributed by atoms with Gasteiger partial charge in [0.2, 0.25) is 5.96 Å². The summed E-state index contributed by atoms with van der Waals surface area (Å²) in [7, 11) is 1.60. The van der Waals surface area contributed by atoms with Crippen LogP contribution in [0.15, 0.2) is 32.9 Å². The zero-order valence-electron chi connectivity index (χ0n) is 8.14. The molecule has 15 heavy (non-hydrogen) atoms. The molecular weight excluding hydrogens is 260 g/mol. The first kappa shape index (κ1) is 11.5. The molecule has 0 saturated carbocycles. The predicted octanol–water partition coefficient (Wildman–Crippen LogP) is 1.07. The molecule has 5 nitrogen and oxygen atoms in total. The largest absolute Gasteiger partial charge is 0.497 e. The Morgan fingerprint density at radius 1 is 1.47 bits per heavy atom. The fourth-order valence-corrected chi connectivity index (χ4v) is 1.25. The van der Waals surface area contributed by atoms with Crippen LogP contribution in [0.25, 0.3) is 0 Å². The Kier molecular flexibility index (Phi) is 4.11. The Labute approximate surface area is 95.9 Å². The van der Waals surface area contributed by atoms with E-state index in [1.165, 1.54) is 6.21 Å². The van der Waals surface area contributed by atoms with E-state index in [4.69, 9.17) is 16.2 Å². The summed E-state index contributed by atoms with van der Waals surface area (Å²) in [6, 6.07) is 5.51. The molecule has 0 aliphatic heterocycles. The number of ether oxygens (including phenoxy) is 1. The van der Waals surface area contributed by atoms with Gasteiger partial charge in [-0.3, -0.25) is 0 Å². The van der Waals surface area contributed by atoms with Crippen LogP contribution in [0.4, 0.5) is 0 Å². The van der Waals surface area contributed by atoms with Gasteiger partial charge in [0.1, 0.15) is 5.75 Å². The minimum absolute atomic E-state index is 0.0785. The highest BCUT2D eigenvalue weighted by molar-refractivity contribution is 9.10. The average molecular weight is 271 g/mol. The van der Waals surface area contributed by atoms with Gasteiger partial charge in [-0.15, -0.1) is 5.10 Å². The Morgan fingerprint density at radius 3 is 2.80 bits per heavy atom. The highest BCUT2D eigenvalue weighted by Crippen LogP contribution is 2.20. The number of nitrogens with zero attached hydrogens (tertiary/aromatic N) is 2. The number of nitrogens with two attached hydrogens (primary N) is 2. The molecule has 1 aromatic rings. The Hall–Kier alpha value is -1.56. The summed E-state index contributed by atoms with van der Waals surface area (Å²) in [5, 5.41) is 7.20. The van der Waals surface area contributed by atoms with Crippen molar-refractivity contribution >= 4 is 28.1 Å². The third-order valence-electron chi connectivity index (χ3n) is 1.57. The van der Waals surface area contributed by atoms with Gasteiger partial charge in [0.15, 0.2) is 0 Å². The van der Waals surface area contributed by atoms with Gasteiger partial charge in [0, 0.05) is 10.0 Å². The molecule has 0 bridgehead atoms. The van der Waals surface area contributed by atoms with Gasteiger partial charge in [-0.1, -0.05) is 15.9 Å². The van der Waals surface area contributed by atoms with Crippen LogP contribution >= 0.6 is 15.9 Å². The van der Waals surface area contributed by atoms with Crippen molar-refractivity contribution in [2.24, 2.45) is 21.7 Å². The number of hydrogen-bond donors (Lipinski definition) is 2. The maximum atomic E-state index is 5.13. The van der Waals surface area contributed by atoms with E-state index in [1.54, 1.807) is 7.11 Å². The number of guanidine groups is 1. The first-order valence-corrected chi connectivity index (χ1v) is 4.88. The molecule has 6 heteroatoms. The number of methoxy groups -OCH3 is 1. The van der Waals surface area contributed by atoms with E-state index in [1.807, 2.05) is 18.2 Å². The lowest BCUT2D eigenvalue weighted by Gasteiger charge is -2.01. The van der Waals surface area contributed by atoms with E-state index in [0.717, 1.165) is 15.8 Å². The van der Waals surface area contributed by atoms with Gasteiger partial charge in [-0.2, -0.15) is 5.10 Å². The summed E-state index contributed by atoms with van der Waals surface area (Å²) in [4.78, 5) is 0. The molecule has 0 amide bonds. The van der Waals surface area contributed by atoms with Gasteiger partial charge in [-0.25, -0.2) is 0 Å². The topological polar surface area (TPSA) is 86.0 Å². The van der Waals surface area contributed by atoms with Crippen molar-refractivity contribution in [2.75, 3.05) is 7.11 Å². The molecule has 1 aromatic carbocycles. The van der Waals surface area contributed by atoms with Crippen molar-refractivity contribution in [3.8, 4) is 5.75 Å². The minimum atomic E-state index is -0.0785. The van der Waals surface area contributed by atoms with Crippen LogP contribution in [0.2, 0.25) is 0 Å². The van der Waals surface area contributed by atoms with Crippen molar-refractivity contribution in [3.63, 3.8) is 0 Å². The molecule has 0 aliphatic rings. The van der Waals surface area contributed by atoms with Crippen LogP contribution in [-0.2, 0) is 0 Å². The van der Waals surface area contributed by atoms with Crippen molar-refractivity contribution in [1.82, 2.24) is 0 Å². The lowest BCUT2D eigenvalue weighted by Crippen LogP contribution is -2.21. The van der Waals surface area contributed by atoms with E-state index in [-0.39, 0.29) is 5.96 Å². The van der Waals surface area contributed by atoms with Crippen LogP contribution in [0.5, 0.6) is 5.75 Å². The molecule has 1 rings (SSSR count). The van der Waals surface area contributed by atoms with Crippen LogP contribution in [-0.4, -0.2) is 19.3 Å². The van der Waals surface area contributed by atoms with Crippen molar-refractivity contribution in [3.05, 3.63) is 28.2 Å². The van der Waals surface area contributed by atoms with E-state index in [9.17, 15) is 0 Å². The van der Waals surface area contributed by atoms with E-state index < -0.39 is 0 Å². The lowest BCUT2D eigenvalue weighted by atomic mass is 10.2. The Balaban J connectivity index is 2.93. The summed E-state index contributed by atoms with van der Waals surface area (Å²) in [6.45, 7) is 0. The lowest BCUT2D eigenvalue weighted by molar-refractivity contribution is 0.414. The third kappa shape index (κ3) is 3.59. The van der Waals surface area contributed by atoms with Gasteiger partial charge in [0.25, 0.3) is 0 Å². The molecule has 0 fully saturated rings. The van der Waals surface area contributed by atoms with E-state index in [0.29, 0.717) is 0 Å². The normalized spacial score (nSPS) is 10.3. The highest BCUT2D eigenvalue weighted by atomic mass is 79.9. The second-order valence-corrected chi connectivity index (χ2v) is 3.51. The van der Waals surface area contributed by atoms with Crippen LogP contribution < -0.4 is 16.2 Å². The molecule has 80 valence electrons. The van der Waals surface area contributed by atoms with Gasteiger partial charge >= 0.3 is 0 Å². The zero-order valence-corrected chi connectivity index (χ0v) is 9.73. The fraction of sp³-hybridized carbons (Fsp3) is 0.111. The molecule has 0 unspecified atom stereocenters. The predicted molar refractivity (Wildman–Crippen MR) is 64.1 cm³/mol. The fourth-order valence-electron chi connectivity index (χ4n) is 0.905. The highest BCUT2D eigenvalue weighted by Gasteiger charge is 1.98. The zero-order chi connectivity index (χ0) is 11.3. The molecule has 0 heterocycles. The quantitative estimate of drug-likeness (QED) is 0.489. The second kappa shape index (κ2) is 5.35. The molecular formula is C9H11BrN4O. The van der Waals surface area contributed by atoms with Crippen LogP contribution in [0.3, 0.4) is 0 Å². The summed E-state index contributed by atoms with van der Waals surface area (Å²) < 4.78 is 5.96. The number of benzene rings is 1. The summed E-state index contributed by atoms with van der Waals surface area (Å²) in [5.41, 5.74) is 11.1.